The zero-order valence-electron chi connectivity index (χ0n) is 11.7. The van der Waals surface area contributed by atoms with Crippen LogP contribution < -0.4 is 15.2 Å². The first-order chi connectivity index (χ1) is 9.51. The highest BCUT2D eigenvalue weighted by molar-refractivity contribution is 7.89. The van der Waals surface area contributed by atoms with Crippen molar-refractivity contribution in [3.05, 3.63) is 24.3 Å². The fourth-order valence-electron chi connectivity index (χ4n) is 2.45. The Balaban J connectivity index is 2.01. The van der Waals surface area contributed by atoms with Crippen LogP contribution in [-0.2, 0) is 10.0 Å². The number of hydrogen-bond donors (Lipinski definition) is 2. The zero-order valence-corrected chi connectivity index (χ0v) is 12.5. The Hall–Kier alpha value is -1.11. The van der Waals surface area contributed by atoms with Crippen molar-refractivity contribution in [2.75, 3.05) is 6.54 Å². The molecule has 0 radical (unpaired) electrons. The fourth-order valence-corrected chi connectivity index (χ4v) is 3.49. The van der Waals surface area contributed by atoms with Crippen molar-refractivity contribution in [1.82, 2.24) is 4.72 Å². The summed E-state index contributed by atoms with van der Waals surface area (Å²) in [5.74, 6) is 0.694. The molecule has 1 aromatic carbocycles. The molecule has 1 fully saturated rings. The summed E-state index contributed by atoms with van der Waals surface area (Å²) in [5, 5.41) is 0. The highest BCUT2D eigenvalue weighted by Crippen LogP contribution is 2.23. The van der Waals surface area contributed by atoms with Gasteiger partial charge in [-0.05, 0) is 49.9 Å². The third kappa shape index (κ3) is 3.94. The predicted octanol–water partition coefficient (Wildman–Crippen LogP) is 1.63. The summed E-state index contributed by atoms with van der Waals surface area (Å²) in [6.45, 7) is 2.13. The summed E-state index contributed by atoms with van der Waals surface area (Å²) in [6, 6.07) is 6.74. The second-order valence-corrected chi connectivity index (χ2v) is 6.91. The topological polar surface area (TPSA) is 81.4 Å². The Labute approximate surface area is 120 Å². The molecule has 0 amide bonds. The minimum absolute atomic E-state index is 0.134. The molecule has 2 atom stereocenters. The van der Waals surface area contributed by atoms with Crippen molar-refractivity contribution in [3.8, 4) is 5.75 Å². The number of hydrogen-bond acceptors (Lipinski definition) is 4. The number of sulfonamides is 1. The maximum absolute atomic E-state index is 11.8. The first-order valence-electron chi connectivity index (χ1n) is 7.03. The van der Waals surface area contributed by atoms with E-state index in [9.17, 15) is 8.42 Å². The first-order valence-corrected chi connectivity index (χ1v) is 8.51. The van der Waals surface area contributed by atoms with E-state index in [1.807, 2.05) is 0 Å². The summed E-state index contributed by atoms with van der Waals surface area (Å²) in [5.41, 5.74) is 5.93. The van der Waals surface area contributed by atoms with Crippen molar-refractivity contribution in [2.45, 2.75) is 49.6 Å². The second-order valence-electron chi connectivity index (χ2n) is 5.14. The van der Waals surface area contributed by atoms with Gasteiger partial charge in [0.1, 0.15) is 11.9 Å². The molecule has 5 nitrogen and oxygen atoms in total. The van der Waals surface area contributed by atoms with Gasteiger partial charge in [-0.1, -0.05) is 6.92 Å². The molecular formula is C14H22N2O3S. The number of nitrogens with one attached hydrogen (secondary N) is 1. The van der Waals surface area contributed by atoms with E-state index >= 15 is 0 Å². The Morgan fingerprint density at radius 2 is 2.00 bits per heavy atom. The average molecular weight is 298 g/mol. The van der Waals surface area contributed by atoms with Crippen LogP contribution >= 0.6 is 0 Å². The van der Waals surface area contributed by atoms with Crippen LogP contribution in [0, 0.1) is 0 Å². The van der Waals surface area contributed by atoms with E-state index in [0.29, 0.717) is 12.3 Å². The van der Waals surface area contributed by atoms with Gasteiger partial charge in [0.15, 0.2) is 0 Å². The quantitative estimate of drug-likeness (QED) is 0.865. The van der Waals surface area contributed by atoms with Crippen LogP contribution in [0.3, 0.4) is 0 Å². The molecule has 0 heterocycles. The predicted molar refractivity (Wildman–Crippen MR) is 78.2 cm³/mol. The lowest BCUT2D eigenvalue weighted by atomic mass is 9.93. The second kappa shape index (κ2) is 6.56. The van der Waals surface area contributed by atoms with E-state index in [4.69, 9.17) is 10.5 Å². The third-order valence-electron chi connectivity index (χ3n) is 3.44. The van der Waals surface area contributed by atoms with Crippen LogP contribution in [0.4, 0.5) is 0 Å². The lowest BCUT2D eigenvalue weighted by Crippen LogP contribution is -2.33. The van der Waals surface area contributed by atoms with Crippen molar-refractivity contribution in [3.63, 3.8) is 0 Å². The molecule has 0 aromatic heterocycles. The van der Waals surface area contributed by atoms with E-state index in [1.54, 1.807) is 31.2 Å². The van der Waals surface area contributed by atoms with E-state index in [1.165, 1.54) is 0 Å². The van der Waals surface area contributed by atoms with Gasteiger partial charge in [0.05, 0.1) is 4.90 Å². The molecule has 6 heteroatoms. The SMILES string of the molecule is CCNS(=O)(=O)c1ccc(OC2CCCC(N)C2)cc1. The van der Waals surface area contributed by atoms with Crippen LogP contribution in [0.25, 0.3) is 0 Å². The molecule has 20 heavy (non-hydrogen) atoms. The van der Waals surface area contributed by atoms with Gasteiger partial charge in [-0.3, -0.25) is 0 Å². The molecule has 1 aliphatic carbocycles. The Kier molecular flexibility index (Phi) is 5.01. The van der Waals surface area contributed by atoms with Crippen molar-refractivity contribution in [2.24, 2.45) is 5.73 Å². The van der Waals surface area contributed by atoms with E-state index in [0.717, 1.165) is 25.7 Å². The molecule has 2 unspecified atom stereocenters. The normalized spacial score (nSPS) is 23.5. The molecular weight excluding hydrogens is 276 g/mol. The van der Waals surface area contributed by atoms with E-state index in [2.05, 4.69) is 4.72 Å². The lowest BCUT2D eigenvalue weighted by molar-refractivity contribution is 0.144. The van der Waals surface area contributed by atoms with Crippen molar-refractivity contribution in [1.29, 1.82) is 0 Å². The standard InChI is InChI=1S/C14H22N2O3S/c1-2-16-20(17,18)14-8-6-12(7-9-14)19-13-5-3-4-11(15)10-13/h6-9,11,13,16H,2-5,10,15H2,1H3. The molecule has 0 aliphatic heterocycles. The van der Waals surface area contributed by atoms with Gasteiger partial charge in [0, 0.05) is 12.6 Å². The zero-order chi connectivity index (χ0) is 14.6. The minimum Gasteiger partial charge on any atom is -0.490 e. The van der Waals surface area contributed by atoms with E-state index in [-0.39, 0.29) is 17.0 Å². The average Bonchev–Trinajstić information content (AvgIpc) is 2.39. The Bertz CT molecular complexity index is 528. The smallest absolute Gasteiger partial charge is 0.240 e. The first kappa shape index (κ1) is 15.3. The van der Waals surface area contributed by atoms with Crippen LogP contribution in [0.5, 0.6) is 5.75 Å². The molecule has 0 saturated heterocycles. The lowest BCUT2D eigenvalue weighted by Gasteiger charge is -2.27. The number of rotatable bonds is 5. The van der Waals surface area contributed by atoms with Crippen molar-refractivity contribution >= 4 is 10.0 Å². The van der Waals surface area contributed by atoms with Gasteiger partial charge >= 0.3 is 0 Å². The highest BCUT2D eigenvalue weighted by Gasteiger charge is 2.20. The number of nitrogens with two attached hydrogens (primary N) is 1. The maximum atomic E-state index is 11.8. The summed E-state index contributed by atoms with van der Waals surface area (Å²) in [7, 11) is -3.39. The van der Waals surface area contributed by atoms with E-state index < -0.39 is 10.0 Å². The van der Waals surface area contributed by atoms with Gasteiger partial charge in [-0.25, -0.2) is 13.1 Å². The van der Waals surface area contributed by atoms with Gasteiger partial charge in [-0.2, -0.15) is 0 Å². The Morgan fingerprint density at radius 3 is 2.60 bits per heavy atom. The summed E-state index contributed by atoms with van der Waals surface area (Å²) in [4.78, 5) is 0.257. The molecule has 112 valence electrons. The Morgan fingerprint density at radius 1 is 1.30 bits per heavy atom. The summed E-state index contributed by atoms with van der Waals surface area (Å²) >= 11 is 0. The maximum Gasteiger partial charge on any atom is 0.240 e. The van der Waals surface area contributed by atoms with Gasteiger partial charge in [-0.15, -0.1) is 0 Å². The van der Waals surface area contributed by atoms with Crippen LogP contribution in [0.2, 0.25) is 0 Å². The molecule has 3 N–H and O–H groups in total. The molecule has 0 spiro atoms. The summed E-state index contributed by atoms with van der Waals surface area (Å²) in [6.07, 6.45) is 4.14. The van der Waals surface area contributed by atoms with Gasteiger partial charge in [0.25, 0.3) is 0 Å². The fraction of sp³-hybridized carbons (Fsp3) is 0.571. The largest absolute Gasteiger partial charge is 0.490 e. The number of benzene rings is 1. The van der Waals surface area contributed by atoms with Crippen LogP contribution in [-0.4, -0.2) is 27.1 Å². The minimum atomic E-state index is -3.39. The van der Waals surface area contributed by atoms with Gasteiger partial charge in [0.2, 0.25) is 10.0 Å². The van der Waals surface area contributed by atoms with Crippen LogP contribution in [0.15, 0.2) is 29.2 Å². The van der Waals surface area contributed by atoms with Crippen molar-refractivity contribution < 1.29 is 13.2 Å². The summed E-state index contributed by atoms with van der Waals surface area (Å²) < 4.78 is 31.9. The van der Waals surface area contributed by atoms with Crippen LogP contribution in [0.1, 0.15) is 32.6 Å². The molecule has 0 bridgehead atoms. The molecule has 1 saturated carbocycles. The highest BCUT2D eigenvalue weighted by atomic mass is 32.2. The number of ether oxygens (including phenoxy) is 1. The molecule has 1 aliphatic rings. The third-order valence-corrected chi connectivity index (χ3v) is 5.00. The monoisotopic (exact) mass is 298 g/mol. The molecule has 1 aromatic rings. The van der Waals surface area contributed by atoms with Gasteiger partial charge < -0.3 is 10.5 Å². The molecule has 2 rings (SSSR count).